The van der Waals surface area contributed by atoms with E-state index < -0.39 is 29.6 Å². The zero-order chi connectivity index (χ0) is 23.5. The molecule has 32 heavy (non-hydrogen) atoms. The molecule has 2 aromatic carbocycles. The van der Waals surface area contributed by atoms with E-state index in [9.17, 15) is 18.0 Å². The molecule has 0 bridgehead atoms. The van der Waals surface area contributed by atoms with Gasteiger partial charge in [0.25, 0.3) is 0 Å². The van der Waals surface area contributed by atoms with Crippen molar-refractivity contribution >= 4 is 17.7 Å². The SMILES string of the molecule is Cc1cc(SC(c2ccc(C(C)C)c(C(F)(F)F)c2)c2cn[nH]n2)ccc1OCC(=O)O. The fourth-order valence-electron chi connectivity index (χ4n) is 3.25. The third kappa shape index (κ3) is 5.61. The summed E-state index contributed by atoms with van der Waals surface area (Å²) in [7, 11) is 0. The number of hydrogen-bond donors (Lipinski definition) is 2. The number of aromatic amines is 1. The van der Waals surface area contributed by atoms with E-state index in [4.69, 9.17) is 9.84 Å². The number of halogens is 3. The number of ether oxygens (including phenoxy) is 1. The summed E-state index contributed by atoms with van der Waals surface area (Å²) in [6.07, 6.45) is -2.99. The van der Waals surface area contributed by atoms with Crippen molar-refractivity contribution in [1.29, 1.82) is 0 Å². The van der Waals surface area contributed by atoms with Gasteiger partial charge in [0.2, 0.25) is 0 Å². The summed E-state index contributed by atoms with van der Waals surface area (Å²) in [6, 6.07) is 9.55. The number of benzene rings is 2. The van der Waals surface area contributed by atoms with Crippen LogP contribution < -0.4 is 4.74 Å². The molecule has 0 fully saturated rings. The number of nitrogens with one attached hydrogen (secondary N) is 1. The second-order valence-electron chi connectivity index (χ2n) is 7.50. The highest BCUT2D eigenvalue weighted by Gasteiger charge is 2.35. The molecular formula is C22H22F3N3O3S. The van der Waals surface area contributed by atoms with Gasteiger partial charge in [-0.2, -0.15) is 28.6 Å². The van der Waals surface area contributed by atoms with Crippen molar-refractivity contribution in [3.8, 4) is 5.75 Å². The fourth-order valence-corrected chi connectivity index (χ4v) is 4.44. The van der Waals surface area contributed by atoms with Gasteiger partial charge < -0.3 is 9.84 Å². The van der Waals surface area contributed by atoms with Gasteiger partial charge in [-0.05, 0) is 53.8 Å². The van der Waals surface area contributed by atoms with Crippen LogP contribution >= 0.6 is 11.8 Å². The Labute approximate surface area is 187 Å². The lowest BCUT2D eigenvalue weighted by Crippen LogP contribution is -2.12. The van der Waals surface area contributed by atoms with Crippen molar-refractivity contribution in [2.45, 2.75) is 43.0 Å². The molecule has 3 aromatic rings. The zero-order valence-electron chi connectivity index (χ0n) is 17.6. The molecule has 1 aromatic heterocycles. The van der Waals surface area contributed by atoms with Gasteiger partial charge in [-0.25, -0.2) is 4.79 Å². The van der Waals surface area contributed by atoms with Gasteiger partial charge >= 0.3 is 12.1 Å². The van der Waals surface area contributed by atoms with E-state index >= 15 is 0 Å². The van der Waals surface area contributed by atoms with E-state index in [2.05, 4.69) is 15.4 Å². The number of rotatable bonds is 8. The number of thioether (sulfide) groups is 1. The van der Waals surface area contributed by atoms with Gasteiger partial charge in [-0.1, -0.05) is 26.0 Å². The van der Waals surface area contributed by atoms with Gasteiger partial charge in [0.05, 0.1) is 17.0 Å². The van der Waals surface area contributed by atoms with Crippen molar-refractivity contribution in [3.63, 3.8) is 0 Å². The highest BCUT2D eigenvalue weighted by Crippen LogP contribution is 2.43. The number of carboxylic acids is 1. The molecule has 0 amide bonds. The Hall–Kier alpha value is -3.01. The maximum absolute atomic E-state index is 13.8. The Morgan fingerprint density at radius 2 is 1.97 bits per heavy atom. The molecule has 10 heteroatoms. The largest absolute Gasteiger partial charge is 0.482 e. The maximum atomic E-state index is 13.8. The number of alkyl halides is 3. The lowest BCUT2D eigenvalue weighted by molar-refractivity contribution is -0.139. The molecule has 170 valence electrons. The van der Waals surface area contributed by atoms with Crippen LogP contribution in [0.15, 0.2) is 47.5 Å². The molecule has 0 aliphatic rings. The van der Waals surface area contributed by atoms with Crippen LogP contribution in [0.4, 0.5) is 13.2 Å². The van der Waals surface area contributed by atoms with Gasteiger partial charge in [-0.15, -0.1) is 11.8 Å². The highest BCUT2D eigenvalue weighted by molar-refractivity contribution is 7.99. The first-order valence-corrected chi connectivity index (χ1v) is 10.6. The summed E-state index contributed by atoms with van der Waals surface area (Å²) < 4.78 is 46.5. The van der Waals surface area contributed by atoms with Gasteiger partial charge in [0, 0.05) is 4.90 Å². The molecule has 0 saturated heterocycles. The van der Waals surface area contributed by atoms with Crippen molar-refractivity contribution in [2.75, 3.05) is 6.61 Å². The van der Waals surface area contributed by atoms with Crippen LogP contribution in [0.1, 0.15) is 53.0 Å². The fraction of sp³-hybridized carbons (Fsp3) is 0.318. The number of nitrogens with zero attached hydrogens (tertiary/aromatic N) is 2. The highest BCUT2D eigenvalue weighted by atomic mass is 32.2. The van der Waals surface area contributed by atoms with E-state index in [0.29, 0.717) is 22.6 Å². The average molecular weight is 465 g/mol. The third-order valence-electron chi connectivity index (χ3n) is 4.76. The van der Waals surface area contributed by atoms with E-state index in [1.807, 2.05) is 0 Å². The first kappa shape index (κ1) is 23.6. The smallest absolute Gasteiger partial charge is 0.416 e. The summed E-state index contributed by atoms with van der Waals surface area (Å²) in [5, 5.41) is 18.7. The Balaban J connectivity index is 1.97. The number of H-pyrrole nitrogens is 1. The predicted molar refractivity (Wildman–Crippen MR) is 114 cm³/mol. The third-order valence-corrected chi connectivity index (χ3v) is 6.04. The van der Waals surface area contributed by atoms with Crippen LogP contribution in [0.25, 0.3) is 0 Å². The molecule has 0 spiro atoms. The molecule has 1 unspecified atom stereocenters. The Kier molecular flexibility index (Phi) is 7.12. The quantitative estimate of drug-likeness (QED) is 0.421. The van der Waals surface area contributed by atoms with Gasteiger partial charge in [-0.3, -0.25) is 0 Å². The minimum Gasteiger partial charge on any atom is -0.482 e. The van der Waals surface area contributed by atoms with Crippen LogP contribution in [0.5, 0.6) is 5.75 Å². The molecule has 0 aliphatic heterocycles. The van der Waals surface area contributed by atoms with E-state index in [-0.39, 0.29) is 11.5 Å². The van der Waals surface area contributed by atoms with Crippen molar-refractivity contribution in [2.24, 2.45) is 0 Å². The second-order valence-corrected chi connectivity index (χ2v) is 8.68. The number of hydrogen-bond acceptors (Lipinski definition) is 5. The monoisotopic (exact) mass is 465 g/mol. The van der Waals surface area contributed by atoms with E-state index in [1.54, 1.807) is 45.0 Å². The molecular weight excluding hydrogens is 443 g/mol. The molecule has 3 rings (SSSR count). The number of aryl methyl sites for hydroxylation is 1. The van der Waals surface area contributed by atoms with Gasteiger partial charge in [0.1, 0.15) is 11.4 Å². The first-order valence-electron chi connectivity index (χ1n) is 9.75. The van der Waals surface area contributed by atoms with Crippen molar-refractivity contribution in [1.82, 2.24) is 15.4 Å². The Bertz CT molecular complexity index is 1090. The van der Waals surface area contributed by atoms with Crippen LogP contribution in [0, 0.1) is 6.92 Å². The number of carboxylic acid groups (broad SMARTS) is 1. The molecule has 2 N–H and O–H groups in total. The van der Waals surface area contributed by atoms with Crippen LogP contribution in [0.3, 0.4) is 0 Å². The van der Waals surface area contributed by atoms with E-state index in [1.165, 1.54) is 30.1 Å². The maximum Gasteiger partial charge on any atom is 0.416 e. The summed E-state index contributed by atoms with van der Waals surface area (Å²) >= 11 is 1.32. The van der Waals surface area contributed by atoms with Crippen LogP contribution in [-0.4, -0.2) is 33.1 Å². The molecule has 0 radical (unpaired) electrons. The topological polar surface area (TPSA) is 88.1 Å². The molecule has 0 saturated carbocycles. The average Bonchev–Trinajstić information content (AvgIpc) is 3.24. The Morgan fingerprint density at radius 3 is 2.53 bits per heavy atom. The van der Waals surface area contributed by atoms with Crippen molar-refractivity contribution in [3.05, 3.63) is 70.5 Å². The second kappa shape index (κ2) is 9.64. The Morgan fingerprint density at radius 1 is 1.22 bits per heavy atom. The normalized spacial score (nSPS) is 12.7. The number of aromatic nitrogens is 3. The first-order chi connectivity index (χ1) is 15.1. The summed E-state index contributed by atoms with van der Waals surface area (Å²) in [5.74, 6) is -0.936. The lowest BCUT2D eigenvalue weighted by Gasteiger charge is -2.21. The zero-order valence-corrected chi connectivity index (χ0v) is 18.4. The summed E-state index contributed by atoms with van der Waals surface area (Å²) in [4.78, 5) is 11.5. The summed E-state index contributed by atoms with van der Waals surface area (Å²) in [6.45, 7) is 4.76. The van der Waals surface area contributed by atoms with E-state index in [0.717, 1.165) is 4.90 Å². The van der Waals surface area contributed by atoms with Gasteiger partial charge in [0.15, 0.2) is 6.61 Å². The molecule has 1 heterocycles. The van der Waals surface area contributed by atoms with Crippen molar-refractivity contribution < 1.29 is 27.8 Å². The minimum absolute atomic E-state index is 0.237. The standard InChI is InChI=1S/C22H22F3N3O3S/c1-12(2)16-6-4-14(9-17(16)22(23,24)25)21(18-10-26-28-27-18)32-15-5-7-19(13(3)8-15)31-11-20(29)30/h4-10,12,21H,11H2,1-3H3,(H,29,30)(H,26,27,28). The van der Waals surface area contributed by atoms with Crippen LogP contribution in [-0.2, 0) is 11.0 Å². The number of carbonyl (C=O) groups is 1. The minimum atomic E-state index is -4.48. The lowest BCUT2D eigenvalue weighted by atomic mass is 9.93. The summed E-state index contributed by atoms with van der Waals surface area (Å²) in [5.41, 5.74) is 1.23. The predicted octanol–water partition coefficient (Wildman–Crippen LogP) is 5.60. The number of aliphatic carboxylic acids is 1. The molecule has 0 aliphatic carbocycles. The van der Waals surface area contributed by atoms with Crippen LogP contribution in [0.2, 0.25) is 0 Å². The molecule has 6 nitrogen and oxygen atoms in total. The molecule has 1 atom stereocenters.